The van der Waals surface area contributed by atoms with E-state index in [0.29, 0.717) is 0 Å². The summed E-state index contributed by atoms with van der Waals surface area (Å²) < 4.78 is 36.4. The molecule has 1 aromatic heterocycles. The normalized spacial score (nSPS) is 31.7. The summed E-state index contributed by atoms with van der Waals surface area (Å²) in [5.74, 6) is 0. The van der Waals surface area contributed by atoms with Crippen molar-refractivity contribution in [2.75, 3.05) is 6.61 Å². The summed E-state index contributed by atoms with van der Waals surface area (Å²) in [5, 5.41) is 20.6. The number of phosphoric ester groups is 1. The summed E-state index contributed by atoms with van der Waals surface area (Å²) in [7, 11) is -10.5. The monoisotopic (exact) mass is 434 g/mol. The summed E-state index contributed by atoms with van der Waals surface area (Å²) >= 11 is 4.79. The van der Waals surface area contributed by atoms with Gasteiger partial charge in [0.2, 0.25) is 0 Å². The number of aromatic amines is 1. The van der Waals surface area contributed by atoms with Gasteiger partial charge in [-0.3, -0.25) is 14.1 Å². The van der Waals surface area contributed by atoms with E-state index >= 15 is 0 Å². The lowest BCUT2D eigenvalue weighted by molar-refractivity contribution is -0.0986. The number of phosphoric acid groups is 2. The maximum atomic E-state index is 11.9. The minimum absolute atomic E-state index is 0.125. The third-order valence-corrected chi connectivity index (χ3v) is 5.86. The Bertz CT molecular complexity index is 876. The number of nitrogens with zero attached hydrogens (tertiary/aromatic N) is 1. The summed E-state index contributed by atoms with van der Waals surface area (Å²) in [4.78, 5) is 40.5. The second-order valence-corrected chi connectivity index (χ2v) is 8.82. The number of hydrogen-bond acceptors (Lipinski definition) is 9. The van der Waals surface area contributed by atoms with Crippen LogP contribution in [0.25, 0.3) is 0 Å². The van der Waals surface area contributed by atoms with Gasteiger partial charge in [-0.15, -0.1) is 0 Å². The predicted molar refractivity (Wildman–Crippen MR) is 85.3 cm³/mol. The van der Waals surface area contributed by atoms with Crippen molar-refractivity contribution in [2.45, 2.75) is 31.0 Å². The number of nitrogens with one attached hydrogen (secondary N) is 1. The molecule has 5 atom stereocenters. The highest BCUT2D eigenvalue weighted by molar-refractivity contribution is 7.71. The SMILES string of the molecule is C[C@@]1(O)C(O)[C@@H](COP(=O)(O)OP(=O)(O)O)O[C@H]1n1ccc(=S)[nH]c1=O. The van der Waals surface area contributed by atoms with Crippen molar-refractivity contribution < 1.29 is 47.6 Å². The highest BCUT2D eigenvalue weighted by Gasteiger charge is 2.54. The van der Waals surface area contributed by atoms with Gasteiger partial charge in [-0.05, 0) is 13.0 Å². The zero-order valence-electron chi connectivity index (χ0n) is 13.0. The zero-order valence-corrected chi connectivity index (χ0v) is 15.6. The molecule has 0 amide bonds. The van der Waals surface area contributed by atoms with Crippen molar-refractivity contribution in [3.8, 4) is 0 Å². The number of aromatic nitrogens is 2. The van der Waals surface area contributed by atoms with Crippen molar-refractivity contribution in [2.24, 2.45) is 0 Å². The van der Waals surface area contributed by atoms with E-state index in [9.17, 15) is 29.0 Å². The van der Waals surface area contributed by atoms with Gasteiger partial charge >= 0.3 is 21.3 Å². The molecule has 2 heterocycles. The molecule has 148 valence electrons. The topological polar surface area (TPSA) is 201 Å². The third kappa shape index (κ3) is 4.94. The van der Waals surface area contributed by atoms with E-state index in [2.05, 4.69) is 13.8 Å². The average molecular weight is 434 g/mol. The quantitative estimate of drug-likeness (QED) is 0.239. The molecule has 13 nitrogen and oxygen atoms in total. The van der Waals surface area contributed by atoms with E-state index in [1.54, 1.807) is 0 Å². The fraction of sp³-hybridized carbons (Fsp3) is 0.600. The molecule has 1 aliphatic heterocycles. The lowest BCUT2D eigenvalue weighted by Crippen LogP contribution is -2.46. The van der Waals surface area contributed by atoms with Crippen LogP contribution in [0.5, 0.6) is 0 Å². The van der Waals surface area contributed by atoms with Crippen LogP contribution in [0, 0.1) is 4.64 Å². The predicted octanol–water partition coefficient (Wildman–Crippen LogP) is -0.859. The summed E-state index contributed by atoms with van der Waals surface area (Å²) in [6, 6.07) is 1.34. The Morgan fingerprint density at radius 3 is 2.58 bits per heavy atom. The first-order valence-corrected chi connectivity index (χ1v) is 10.3. The summed E-state index contributed by atoms with van der Waals surface area (Å²) in [5.41, 5.74) is -2.76. The molecular weight excluding hydrogens is 418 g/mol. The second kappa shape index (κ2) is 7.34. The van der Waals surface area contributed by atoms with Crippen molar-refractivity contribution in [1.82, 2.24) is 9.55 Å². The molecule has 2 rings (SSSR count). The van der Waals surface area contributed by atoms with Crippen molar-refractivity contribution >= 4 is 27.9 Å². The molecule has 16 heteroatoms. The first kappa shape index (κ1) is 21.5. The Kier molecular flexibility index (Phi) is 6.08. The molecule has 6 N–H and O–H groups in total. The highest BCUT2D eigenvalue weighted by atomic mass is 32.1. The Morgan fingerprint density at radius 1 is 1.42 bits per heavy atom. The molecule has 1 aliphatic rings. The lowest BCUT2D eigenvalue weighted by Gasteiger charge is -2.27. The van der Waals surface area contributed by atoms with Crippen molar-refractivity contribution in [3.05, 3.63) is 27.4 Å². The molecule has 1 saturated heterocycles. The van der Waals surface area contributed by atoms with Crippen LogP contribution in [0.1, 0.15) is 13.2 Å². The van der Waals surface area contributed by atoms with E-state index in [0.717, 1.165) is 11.5 Å². The average Bonchev–Trinajstić information content (AvgIpc) is 2.66. The molecular formula is C10H16N2O11P2S. The van der Waals surface area contributed by atoms with Gasteiger partial charge in [0, 0.05) is 6.20 Å². The van der Waals surface area contributed by atoms with Gasteiger partial charge in [0.15, 0.2) is 6.23 Å². The van der Waals surface area contributed by atoms with Crippen LogP contribution >= 0.6 is 27.9 Å². The maximum absolute atomic E-state index is 11.9. The van der Waals surface area contributed by atoms with Gasteiger partial charge in [0.1, 0.15) is 22.4 Å². The van der Waals surface area contributed by atoms with Gasteiger partial charge < -0.3 is 29.6 Å². The Hall–Kier alpha value is -0.760. The standard InChI is InChI=1S/C10H16N2O11P2S/c1-10(15)7(13)5(4-21-25(19,20)23-24(16,17)18)22-8(10)12-3-2-6(26)11-9(12)14/h2-3,5,7-8,13,15H,4H2,1H3,(H,19,20)(H,11,14,26)(H2,16,17,18)/t5-,7?,8-,10-/m1/s1. The van der Waals surface area contributed by atoms with Gasteiger partial charge in [-0.1, -0.05) is 12.2 Å². The summed E-state index contributed by atoms with van der Waals surface area (Å²) in [6.07, 6.45) is -3.31. The van der Waals surface area contributed by atoms with Crippen LogP contribution in [0.15, 0.2) is 17.1 Å². The smallest absolute Gasteiger partial charge is 0.387 e. The molecule has 2 unspecified atom stereocenters. The van der Waals surface area contributed by atoms with Crippen LogP contribution in [0.4, 0.5) is 0 Å². The molecule has 0 bridgehead atoms. The van der Waals surface area contributed by atoms with E-state index in [1.807, 2.05) is 0 Å². The number of rotatable bonds is 6. The number of aliphatic hydroxyl groups is 2. The highest BCUT2D eigenvalue weighted by Crippen LogP contribution is 2.57. The second-order valence-electron chi connectivity index (χ2n) is 5.55. The molecule has 1 fully saturated rings. The first-order valence-electron chi connectivity index (χ1n) is 6.84. The van der Waals surface area contributed by atoms with Crippen LogP contribution in [0.2, 0.25) is 0 Å². The lowest BCUT2D eigenvalue weighted by atomic mass is 9.96. The molecule has 0 aliphatic carbocycles. The Morgan fingerprint density at radius 2 is 2.04 bits per heavy atom. The largest absolute Gasteiger partial charge is 0.481 e. The van der Waals surface area contributed by atoms with Gasteiger partial charge in [0.05, 0.1) is 6.61 Å². The molecule has 1 aromatic rings. The fourth-order valence-electron chi connectivity index (χ4n) is 2.32. The minimum Gasteiger partial charge on any atom is -0.387 e. The molecule has 0 spiro atoms. The molecule has 0 aromatic carbocycles. The minimum atomic E-state index is -5.31. The number of aliphatic hydroxyl groups excluding tert-OH is 1. The van der Waals surface area contributed by atoms with Gasteiger partial charge in [0.25, 0.3) is 0 Å². The van der Waals surface area contributed by atoms with Crippen molar-refractivity contribution in [3.63, 3.8) is 0 Å². The van der Waals surface area contributed by atoms with Crippen LogP contribution in [0.3, 0.4) is 0 Å². The van der Waals surface area contributed by atoms with Gasteiger partial charge in [-0.25, -0.2) is 13.9 Å². The number of ether oxygens (including phenoxy) is 1. The fourth-order valence-corrected chi connectivity index (χ4v) is 4.06. The molecule has 0 saturated carbocycles. The Balaban J connectivity index is 2.18. The number of hydrogen-bond donors (Lipinski definition) is 6. The Labute approximate surface area is 150 Å². The van der Waals surface area contributed by atoms with E-state index in [4.69, 9.17) is 26.7 Å². The summed E-state index contributed by atoms with van der Waals surface area (Å²) in [6.45, 7) is 0.278. The maximum Gasteiger partial charge on any atom is 0.481 e. The molecule has 26 heavy (non-hydrogen) atoms. The molecule has 0 radical (unpaired) electrons. The van der Waals surface area contributed by atoms with E-state index < -0.39 is 52.0 Å². The van der Waals surface area contributed by atoms with Crippen molar-refractivity contribution in [1.29, 1.82) is 0 Å². The zero-order chi connectivity index (χ0) is 19.9. The van der Waals surface area contributed by atoms with Gasteiger partial charge in [-0.2, -0.15) is 4.31 Å². The number of H-pyrrole nitrogens is 1. The van der Waals surface area contributed by atoms with Crippen LogP contribution in [-0.2, 0) is 22.7 Å². The van der Waals surface area contributed by atoms with E-state index in [-0.39, 0.29) is 4.64 Å². The van der Waals surface area contributed by atoms with Crippen LogP contribution in [-0.4, -0.2) is 58.9 Å². The van der Waals surface area contributed by atoms with Crippen LogP contribution < -0.4 is 5.69 Å². The third-order valence-electron chi connectivity index (χ3n) is 3.47. The van der Waals surface area contributed by atoms with E-state index in [1.165, 1.54) is 12.3 Å². The first-order chi connectivity index (χ1) is 11.7.